The number of benzene rings is 5. The van der Waals surface area contributed by atoms with E-state index in [0.717, 1.165) is 42.7 Å². The second-order valence-corrected chi connectivity index (χ2v) is 346. The van der Waals surface area contributed by atoms with Gasteiger partial charge in [-0.1, -0.05) is 248 Å². The van der Waals surface area contributed by atoms with Gasteiger partial charge in [0, 0.05) is 0 Å². The number of ketones is 1. The van der Waals surface area contributed by atoms with Crippen LogP contribution in [0.15, 0.2) is 183 Å². The number of carbonyl (C=O) groups excluding carboxylic acids is 12. The molecule has 1 N–H and O–H groups in total. The van der Waals surface area contributed by atoms with Gasteiger partial charge in [0.15, 0.2) is 11.2 Å². The van der Waals surface area contributed by atoms with E-state index in [1.54, 1.807) is 103 Å². The van der Waals surface area contributed by atoms with Crippen LogP contribution >= 0.6 is 315 Å². The van der Waals surface area contributed by atoms with E-state index in [0.29, 0.717) is 18.8 Å². The number of halogens is 20. The second-order valence-electron chi connectivity index (χ2n) is 24.4. The van der Waals surface area contributed by atoms with Gasteiger partial charge in [0.05, 0.1) is 72.8 Å². The molecule has 0 spiro atoms. The molecule has 0 saturated heterocycles. The molecule has 5 rings (SSSR count). The number of methoxy groups -OCH3 is 7. The molecule has 45 nitrogen and oxygen atoms in total. The molecule has 74 heteroatoms. The fraction of sp³-hybridized carbons (Fsp3) is 0.324. The van der Waals surface area contributed by atoms with Crippen molar-refractivity contribution in [2.75, 3.05) is 99.2 Å². The number of oxime groups is 6. The number of Topliss-reactive ketones (excluding diaryl/α,β-unsaturated/α-hetero) is 1. The van der Waals surface area contributed by atoms with Gasteiger partial charge in [0.25, 0.3) is 10.3 Å². The Kier molecular flexibility index (Phi) is 82.4. The van der Waals surface area contributed by atoms with Crippen molar-refractivity contribution >= 4 is 468 Å². The molecule has 0 aliphatic heterocycles. The minimum absolute atomic E-state index is 0.226. The number of thioether (sulfide) groups is 4. The van der Waals surface area contributed by atoms with Crippen molar-refractivity contribution in [2.24, 2.45) is 36.3 Å². The number of hydrogen-bond acceptors (Lipinski definition) is 49. The summed E-state index contributed by atoms with van der Waals surface area (Å²) in [5.74, 6) is -20.2. The first-order chi connectivity index (χ1) is 68.0. The van der Waals surface area contributed by atoms with Gasteiger partial charge in [-0.15, -0.1) is 11.6 Å². The third kappa shape index (κ3) is 70.0. The Bertz CT molecular complexity index is 5320. The second kappa shape index (κ2) is 81.7. The van der Waals surface area contributed by atoms with Gasteiger partial charge in [-0.2, -0.15) is 42.1 Å². The van der Waals surface area contributed by atoms with E-state index in [4.69, 9.17) is 59.0 Å². The molecule has 0 radical (unpaired) electrons. The number of alkyl halides is 1. The fourth-order valence-electron chi connectivity index (χ4n) is 7.77. The molecular weight excluding hydrogens is 4110 g/mol. The summed E-state index contributed by atoms with van der Waals surface area (Å²) in [7, 11) is -16.8. The Morgan fingerprint density at radius 3 is 0.724 bits per heavy atom. The maximum absolute atomic E-state index is 13.6. The van der Waals surface area contributed by atoms with Crippen molar-refractivity contribution in [3.05, 3.63) is 179 Å². The Hall–Kier alpha value is 1.19. The molecule has 0 heterocycles. The summed E-state index contributed by atoms with van der Waals surface area (Å²) in [6.07, 6.45) is 0. The van der Waals surface area contributed by atoms with Gasteiger partial charge in [0.2, 0.25) is 20.2 Å². The van der Waals surface area contributed by atoms with Crippen LogP contribution in [0, 0.1) is 5.41 Å². The van der Waals surface area contributed by atoms with Crippen LogP contribution in [-0.4, -0.2) is 254 Å². The number of rotatable bonds is 45. The molecule has 820 valence electrons. The van der Waals surface area contributed by atoms with E-state index in [9.17, 15) is 99.6 Å². The monoisotopic (exact) mass is 4190 g/mol. The summed E-state index contributed by atoms with van der Waals surface area (Å²) in [6.45, 7) is -3.24. The van der Waals surface area contributed by atoms with Crippen LogP contribution in [0.25, 0.3) is 0 Å². The molecule has 0 aromatic heterocycles. The quantitative estimate of drug-likeness (QED) is 0.00435. The molecule has 0 bridgehead atoms. The molecular formula is C71H77Cl3I17N6O39S9-. The zero-order valence-corrected chi connectivity index (χ0v) is 120. The van der Waals surface area contributed by atoms with Crippen molar-refractivity contribution in [3.8, 4) is 0 Å². The van der Waals surface area contributed by atoms with Gasteiger partial charge in [0.1, 0.15) is 60.6 Å². The third-order valence-corrected chi connectivity index (χ3v) is 767. The van der Waals surface area contributed by atoms with Crippen molar-refractivity contribution in [3.63, 3.8) is 0 Å². The van der Waals surface area contributed by atoms with Crippen molar-refractivity contribution < 1.29 is 192 Å². The number of nitrogens with zero attached hydrogens (tertiary/aromatic N) is 6. The van der Waals surface area contributed by atoms with Gasteiger partial charge >= 0.3 is 363 Å². The molecule has 145 heavy (non-hydrogen) atoms. The fourth-order valence-corrected chi connectivity index (χ4v) is 1060. The summed E-state index contributed by atoms with van der Waals surface area (Å²) in [4.78, 5) is 147. The standard InChI is InChI=1S/C53H56N4O28S8.C10H10ClNO5S.C5H7ClO3.C3H4ClNO3.I9.I8/c1-74-49(62)45(54-82-90(66,67)29-37-17-9-5-10-18-37)86-25-41(58)78-33-53(34-79-42(59)26-87-46(50(63)75-2)55-83-91(68,69)30-38-19-11-6-12-20-38,35-80-43(60)27-88-47(51(64)76-3)56-84-92(70,71)31-39-21-13-7-14-22-39)36-81-44(61)28-89-48(52(65)77-4)57-85-93(72,73)32-40-23-15-8-16-24-40;1-16-10(13)9(11)12-17-18(14,15)7-8-5-3-2-4-6-8;1-3(7)4(6)5(8)9-2;1-8-3(6)2(4)5-7;1-6-8(4)9(5)7(2)3;1-6(2)8(5)7(3)4/h5-24H,25-36H2,1-4H3;2-6H,7H2,1H3;4H,1-2H3;7H,1H3;;/q;;;;-1;/b54-45-,55-46-,56-47-,57-48-;12-9-;;5-2-;;. The third-order valence-electron chi connectivity index (χ3n) is 13.9. The van der Waals surface area contributed by atoms with E-state index in [2.05, 4.69) is 272 Å². The molecule has 0 amide bonds. The maximum atomic E-state index is 13.6. The van der Waals surface area contributed by atoms with Gasteiger partial charge in [-0.05, 0) is 39.9 Å². The van der Waals surface area contributed by atoms with Crippen LogP contribution in [0.2, 0.25) is 0 Å². The SMILES string of the molecule is COC(=O)/C(=N/OS(=O)(=O)Cc1ccccc1)SCC(=O)OCC(COC(=O)CS/C(=N\OS(=O)(=O)Cc1ccccc1)C(=O)OC)(COC(=O)CS/C(=N\OS(=O)(=O)Cc1ccccc1)C(=O)OC)COC(=O)CS/C(=N\OS(=O)(=O)Cc1ccccc1)C(=O)OC.COC(=O)/C(Cl)=N/O.COC(=O)/C(Cl)=N/OS(=O)(=O)Cc1ccccc1.COC(=O)C(Cl)C(C)=O.II(I)I(I)I(I)I.I[I-]I(I)I(I)I(I)I. The first kappa shape index (κ1) is 146. The summed E-state index contributed by atoms with van der Waals surface area (Å²) in [5.41, 5.74) is -0.672. The summed E-state index contributed by atoms with van der Waals surface area (Å²) in [6, 6.07) is 38.9. The van der Waals surface area contributed by atoms with E-state index in [1.807, 2.05) is 0 Å². The number of hydrogen-bond donors (Lipinski definition) is 1. The van der Waals surface area contributed by atoms with Crippen LogP contribution < -0.4 is 13.3 Å². The molecule has 1 unspecified atom stereocenters. The zero-order chi connectivity index (χ0) is 110. The van der Waals surface area contributed by atoms with Gasteiger partial charge in [-0.3, -0.25) is 45.4 Å². The van der Waals surface area contributed by atoms with Crippen molar-refractivity contribution in [1.29, 1.82) is 0 Å². The van der Waals surface area contributed by atoms with E-state index >= 15 is 0 Å². The first-order valence-electron chi connectivity index (χ1n) is 36.5. The van der Waals surface area contributed by atoms with Gasteiger partial charge in [-0.25, -0.2) is 33.6 Å². The summed E-state index contributed by atoms with van der Waals surface area (Å²) < 4.78 is 201. The summed E-state index contributed by atoms with van der Waals surface area (Å²) in [5, 5.41) is 20.8. The van der Waals surface area contributed by atoms with Crippen molar-refractivity contribution in [1.82, 2.24) is 0 Å². The Morgan fingerprint density at radius 2 is 0.566 bits per heavy atom. The number of carbonyl (C=O) groups is 12. The average Bonchev–Trinajstić information content (AvgIpc) is 0.843. The Balaban J connectivity index is 0.00000318. The summed E-state index contributed by atoms with van der Waals surface area (Å²) >= 11 is 44.7. The van der Waals surface area contributed by atoms with Gasteiger partial charge < -0.3 is 57.3 Å². The molecule has 0 aliphatic rings. The van der Waals surface area contributed by atoms with Crippen molar-refractivity contribution in [2.45, 2.75) is 41.1 Å². The molecule has 1 atom stereocenters. The normalized spacial score (nSPS) is 12.6. The molecule has 0 saturated carbocycles. The topological polar surface area (TPSA) is 618 Å². The average molecular weight is 4190 g/mol. The van der Waals surface area contributed by atoms with Crippen LogP contribution in [-0.2, 0) is 210 Å². The van der Waals surface area contributed by atoms with Crippen LogP contribution in [0.5, 0.6) is 0 Å². The van der Waals surface area contributed by atoms with Crippen LogP contribution in [0.1, 0.15) is 34.7 Å². The number of ether oxygens (including phenoxy) is 11. The predicted octanol–water partition coefficient (Wildman–Crippen LogP) is 16.2. The Morgan fingerprint density at radius 1 is 0.352 bits per heavy atom. The molecule has 0 fully saturated rings. The van der Waals surface area contributed by atoms with E-state index in [1.165, 1.54) is 62.6 Å². The molecule has 5 aromatic rings. The Labute approximate surface area is 995 Å². The van der Waals surface area contributed by atoms with Crippen LogP contribution in [0.4, 0.5) is 0 Å². The first-order valence-corrected chi connectivity index (χ1v) is 144. The predicted molar refractivity (Wildman–Crippen MR) is 684 cm³/mol. The van der Waals surface area contributed by atoms with Crippen LogP contribution in [0.3, 0.4) is 0 Å². The minimum atomic E-state index is -4.52. The molecule has 0 aliphatic carbocycles. The zero-order valence-electron chi connectivity index (χ0n) is 74.1. The molecule has 5 aromatic carbocycles. The van der Waals surface area contributed by atoms with E-state index in [-0.39, 0.29) is 122 Å². The number of esters is 11. The van der Waals surface area contributed by atoms with E-state index < -0.39 is 236 Å².